The first kappa shape index (κ1) is 17.2. The molecule has 0 N–H and O–H groups in total. The zero-order valence-electron chi connectivity index (χ0n) is 16.0. The van der Waals surface area contributed by atoms with Gasteiger partial charge in [-0.25, -0.2) is 4.98 Å². The van der Waals surface area contributed by atoms with E-state index in [0.717, 1.165) is 38.1 Å². The number of fused-ring (bicyclic) bond motifs is 4. The molecule has 4 rings (SSSR count). The lowest BCUT2D eigenvalue weighted by molar-refractivity contribution is 0.356. The average Bonchev–Trinajstić information content (AvgIpc) is 2.71. The summed E-state index contributed by atoms with van der Waals surface area (Å²) >= 11 is 0. The topological polar surface area (TPSA) is 49.8 Å². The fourth-order valence-electron chi connectivity index (χ4n) is 3.58. The van der Waals surface area contributed by atoms with Crippen LogP contribution in [0.2, 0.25) is 0 Å². The molecule has 0 saturated heterocycles. The lowest BCUT2D eigenvalue weighted by Gasteiger charge is -2.14. The molecule has 0 atom stereocenters. The Morgan fingerprint density at radius 1 is 0.630 bits per heavy atom. The van der Waals surface area contributed by atoms with Crippen LogP contribution >= 0.6 is 0 Å². The Hall–Kier alpha value is -3.21. The van der Waals surface area contributed by atoms with Gasteiger partial charge < -0.3 is 18.9 Å². The van der Waals surface area contributed by atoms with Gasteiger partial charge in [-0.2, -0.15) is 0 Å². The number of ether oxygens (including phenoxy) is 4. The molecule has 0 aliphatic rings. The first-order valence-corrected chi connectivity index (χ1v) is 8.62. The standard InChI is InChI=1S/C22H21NO4/c1-12-14-7-6-13-8-18(24-2)20(26-4)10-16(13)22(14)23-17-11-21(27-5)19(25-3)9-15(12)17/h6-11H,1-5H3. The fourth-order valence-corrected chi connectivity index (χ4v) is 3.58. The van der Waals surface area contributed by atoms with Gasteiger partial charge in [0.05, 0.1) is 39.5 Å². The number of aromatic nitrogens is 1. The zero-order chi connectivity index (χ0) is 19.1. The second kappa shape index (κ2) is 6.50. The van der Waals surface area contributed by atoms with Gasteiger partial charge >= 0.3 is 0 Å². The number of rotatable bonds is 4. The van der Waals surface area contributed by atoms with Crippen LogP contribution in [0, 0.1) is 6.92 Å². The van der Waals surface area contributed by atoms with Gasteiger partial charge in [-0.05, 0) is 36.1 Å². The molecule has 3 aromatic carbocycles. The number of benzene rings is 3. The van der Waals surface area contributed by atoms with Gasteiger partial charge in [-0.3, -0.25) is 0 Å². The summed E-state index contributed by atoms with van der Waals surface area (Å²) in [7, 11) is 6.55. The van der Waals surface area contributed by atoms with Crippen molar-refractivity contribution >= 4 is 32.6 Å². The summed E-state index contributed by atoms with van der Waals surface area (Å²) in [6.07, 6.45) is 0. The Morgan fingerprint density at radius 2 is 1.19 bits per heavy atom. The van der Waals surface area contributed by atoms with Gasteiger partial charge in [-0.1, -0.05) is 12.1 Å². The van der Waals surface area contributed by atoms with E-state index in [1.165, 1.54) is 0 Å². The molecule has 0 spiro atoms. The maximum atomic E-state index is 5.49. The Kier molecular flexibility index (Phi) is 4.15. The SMILES string of the molecule is COc1cc2ccc3c(C)c4cc(OC)c(OC)cc4nc3c2cc1OC. The lowest BCUT2D eigenvalue weighted by atomic mass is 9.99. The predicted molar refractivity (Wildman–Crippen MR) is 108 cm³/mol. The fraction of sp³-hybridized carbons (Fsp3) is 0.227. The Labute approximate surface area is 157 Å². The van der Waals surface area contributed by atoms with Crippen LogP contribution in [0.15, 0.2) is 36.4 Å². The molecule has 0 aliphatic heterocycles. The molecule has 138 valence electrons. The molecule has 0 unspecified atom stereocenters. The Bertz CT molecular complexity index is 1180. The van der Waals surface area contributed by atoms with Crippen LogP contribution in [-0.4, -0.2) is 33.4 Å². The van der Waals surface area contributed by atoms with Crippen molar-refractivity contribution in [1.82, 2.24) is 4.98 Å². The number of hydrogen-bond donors (Lipinski definition) is 0. The van der Waals surface area contributed by atoms with Crippen molar-refractivity contribution in [3.63, 3.8) is 0 Å². The van der Waals surface area contributed by atoms with Gasteiger partial charge in [0.25, 0.3) is 0 Å². The third-order valence-electron chi connectivity index (χ3n) is 5.04. The van der Waals surface area contributed by atoms with E-state index >= 15 is 0 Å². The third kappa shape index (κ3) is 2.58. The molecule has 0 amide bonds. The zero-order valence-corrected chi connectivity index (χ0v) is 16.0. The second-order valence-corrected chi connectivity index (χ2v) is 6.35. The molecular formula is C22H21NO4. The summed E-state index contributed by atoms with van der Waals surface area (Å²) in [6, 6.07) is 12.0. The van der Waals surface area contributed by atoms with Crippen molar-refractivity contribution in [1.29, 1.82) is 0 Å². The van der Waals surface area contributed by atoms with Crippen LogP contribution in [-0.2, 0) is 0 Å². The van der Waals surface area contributed by atoms with E-state index < -0.39 is 0 Å². The minimum atomic E-state index is 0.663. The first-order chi connectivity index (χ1) is 13.1. The van der Waals surface area contributed by atoms with Crippen LogP contribution in [0.25, 0.3) is 32.6 Å². The number of hydrogen-bond acceptors (Lipinski definition) is 5. The molecule has 0 aliphatic carbocycles. The number of aryl methyl sites for hydroxylation is 1. The Morgan fingerprint density at radius 3 is 1.81 bits per heavy atom. The summed E-state index contributed by atoms with van der Waals surface area (Å²) in [4.78, 5) is 4.95. The first-order valence-electron chi connectivity index (χ1n) is 8.62. The minimum absolute atomic E-state index is 0.663. The highest BCUT2D eigenvalue weighted by Crippen LogP contribution is 2.39. The van der Waals surface area contributed by atoms with E-state index in [9.17, 15) is 0 Å². The van der Waals surface area contributed by atoms with Gasteiger partial charge in [0.15, 0.2) is 23.0 Å². The maximum absolute atomic E-state index is 5.49. The van der Waals surface area contributed by atoms with Crippen molar-refractivity contribution < 1.29 is 18.9 Å². The lowest BCUT2D eigenvalue weighted by Crippen LogP contribution is -1.95. The summed E-state index contributed by atoms with van der Waals surface area (Å²) in [5.74, 6) is 2.75. The highest BCUT2D eigenvalue weighted by Gasteiger charge is 2.15. The monoisotopic (exact) mass is 363 g/mol. The maximum Gasteiger partial charge on any atom is 0.162 e. The van der Waals surface area contributed by atoms with E-state index in [2.05, 4.69) is 19.1 Å². The number of nitrogens with zero attached hydrogens (tertiary/aromatic N) is 1. The van der Waals surface area contributed by atoms with Crippen LogP contribution in [0.3, 0.4) is 0 Å². The molecule has 0 radical (unpaired) electrons. The van der Waals surface area contributed by atoms with Gasteiger partial charge in [-0.15, -0.1) is 0 Å². The summed E-state index contributed by atoms with van der Waals surface area (Å²) in [5.41, 5.74) is 2.93. The number of methoxy groups -OCH3 is 4. The van der Waals surface area contributed by atoms with Crippen molar-refractivity contribution in [3.8, 4) is 23.0 Å². The van der Waals surface area contributed by atoms with Gasteiger partial charge in [0, 0.05) is 22.2 Å². The van der Waals surface area contributed by atoms with Crippen molar-refractivity contribution in [3.05, 3.63) is 42.0 Å². The van der Waals surface area contributed by atoms with E-state index in [4.69, 9.17) is 23.9 Å². The van der Waals surface area contributed by atoms with Crippen molar-refractivity contribution in [2.45, 2.75) is 6.92 Å². The quantitative estimate of drug-likeness (QED) is 0.382. The predicted octanol–water partition coefficient (Wildman–Crippen LogP) is 4.88. The molecular weight excluding hydrogens is 342 g/mol. The summed E-state index contributed by atoms with van der Waals surface area (Å²) in [6.45, 7) is 2.10. The summed E-state index contributed by atoms with van der Waals surface area (Å²) < 4.78 is 21.8. The molecule has 1 aromatic heterocycles. The minimum Gasteiger partial charge on any atom is -0.493 e. The van der Waals surface area contributed by atoms with Crippen LogP contribution in [0.1, 0.15) is 5.56 Å². The number of pyridine rings is 1. The molecule has 5 nitrogen and oxygen atoms in total. The highest BCUT2D eigenvalue weighted by molar-refractivity contribution is 6.11. The largest absolute Gasteiger partial charge is 0.493 e. The van der Waals surface area contributed by atoms with Crippen LogP contribution in [0.5, 0.6) is 23.0 Å². The van der Waals surface area contributed by atoms with Gasteiger partial charge in [0.1, 0.15) is 0 Å². The molecule has 5 heteroatoms. The molecule has 0 saturated carbocycles. The van der Waals surface area contributed by atoms with Crippen molar-refractivity contribution in [2.24, 2.45) is 0 Å². The molecule has 27 heavy (non-hydrogen) atoms. The smallest absolute Gasteiger partial charge is 0.162 e. The third-order valence-corrected chi connectivity index (χ3v) is 5.04. The second-order valence-electron chi connectivity index (χ2n) is 6.35. The van der Waals surface area contributed by atoms with E-state index in [1.54, 1.807) is 28.4 Å². The summed E-state index contributed by atoms with van der Waals surface area (Å²) in [5, 5.41) is 4.20. The molecule has 1 heterocycles. The normalized spacial score (nSPS) is 11.1. The van der Waals surface area contributed by atoms with Crippen LogP contribution in [0.4, 0.5) is 0 Å². The molecule has 0 bridgehead atoms. The van der Waals surface area contributed by atoms with Crippen molar-refractivity contribution in [2.75, 3.05) is 28.4 Å². The Balaban J connectivity index is 2.13. The van der Waals surface area contributed by atoms with E-state index in [-0.39, 0.29) is 0 Å². The van der Waals surface area contributed by atoms with Gasteiger partial charge in [0.2, 0.25) is 0 Å². The van der Waals surface area contributed by atoms with E-state index in [0.29, 0.717) is 23.0 Å². The van der Waals surface area contributed by atoms with E-state index in [1.807, 2.05) is 24.3 Å². The molecule has 0 fully saturated rings. The molecule has 4 aromatic rings. The van der Waals surface area contributed by atoms with Crippen LogP contribution < -0.4 is 18.9 Å². The highest BCUT2D eigenvalue weighted by atomic mass is 16.5. The average molecular weight is 363 g/mol.